The number of hydrogen-bond acceptors (Lipinski definition) is 3. The van der Waals surface area contributed by atoms with Gasteiger partial charge in [0.2, 0.25) is 0 Å². The third-order valence-corrected chi connectivity index (χ3v) is 3.42. The van der Waals surface area contributed by atoms with Gasteiger partial charge in [0.25, 0.3) is 0 Å². The van der Waals surface area contributed by atoms with E-state index in [9.17, 15) is 14.3 Å². The van der Waals surface area contributed by atoms with E-state index < -0.39 is 17.9 Å². The van der Waals surface area contributed by atoms with Crippen LogP contribution in [-0.4, -0.2) is 30.9 Å². The maximum atomic E-state index is 13.4. The van der Waals surface area contributed by atoms with Crippen molar-refractivity contribution in [2.24, 2.45) is 5.41 Å². The minimum atomic E-state index is -0.436. The number of aliphatic hydroxyl groups is 1. The van der Waals surface area contributed by atoms with Crippen LogP contribution in [0.2, 0.25) is 0 Å². The molecule has 2 unspecified atom stereocenters. The number of ether oxygens (including phenoxy) is 1. The van der Waals surface area contributed by atoms with E-state index in [0.717, 1.165) is 0 Å². The molecule has 0 aromatic heterocycles. The van der Waals surface area contributed by atoms with Crippen molar-refractivity contribution in [3.8, 4) is 5.75 Å². The highest BCUT2D eigenvalue weighted by atomic mass is 19.1. The minimum Gasteiger partial charge on any atom is -0.496 e. The van der Waals surface area contributed by atoms with Gasteiger partial charge in [0.05, 0.1) is 25.8 Å². The highest BCUT2D eigenvalue weighted by Gasteiger charge is 2.21. The normalized spacial score (nSPS) is 14.0. The molecular weight excluding hydrogens is 299 g/mol. The largest absolute Gasteiger partial charge is 0.496 e. The molecule has 23 heavy (non-hydrogen) atoms. The number of rotatable bonds is 6. The van der Waals surface area contributed by atoms with Gasteiger partial charge in [-0.2, -0.15) is 0 Å². The van der Waals surface area contributed by atoms with Crippen molar-refractivity contribution in [1.29, 1.82) is 0 Å². The van der Waals surface area contributed by atoms with Crippen molar-refractivity contribution in [2.45, 2.75) is 46.2 Å². The van der Waals surface area contributed by atoms with Gasteiger partial charge >= 0.3 is 6.03 Å². The van der Waals surface area contributed by atoms with Gasteiger partial charge in [0.15, 0.2) is 0 Å². The lowest BCUT2D eigenvalue weighted by Crippen LogP contribution is -2.46. The van der Waals surface area contributed by atoms with E-state index in [-0.39, 0.29) is 18.1 Å². The standard InChI is InChI=1S/C17H27FN2O3/c1-11(14-8-12(18)6-7-15(14)23-5)19-16(22)20-13(10-21)9-17(2,3)4/h6-8,11,13,21H,9-10H2,1-5H3,(H2,19,20,22). The summed E-state index contributed by atoms with van der Waals surface area (Å²) in [4.78, 5) is 12.1. The fourth-order valence-corrected chi connectivity index (χ4v) is 2.45. The van der Waals surface area contributed by atoms with Gasteiger partial charge in [-0.15, -0.1) is 0 Å². The van der Waals surface area contributed by atoms with Crippen LogP contribution in [0.25, 0.3) is 0 Å². The molecule has 0 heterocycles. The van der Waals surface area contributed by atoms with Crippen LogP contribution in [0, 0.1) is 11.2 Å². The molecular formula is C17H27FN2O3. The van der Waals surface area contributed by atoms with E-state index in [1.165, 1.54) is 25.3 Å². The Labute approximate surface area is 137 Å². The molecule has 3 N–H and O–H groups in total. The molecule has 0 aliphatic carbocycles. The Morgan fingerprint density at radius 1 is 1.35 bits per heavy atom. The highest BCUT2D eigenvalue weighted by molar-refractivity contribution is 5.74. The summed E-state index contributed by atoms with van der Waals surface area (Å²) in [7, 11) is 1.49. The van der Waals surface area contributed by atoms with E-state index in [1.807, 2.05) is 20.8 Å². The molecule has 0 bridgehead atoms. The molecule has 0 fully saturated rings. The lowest BCUT2D eigenvalue weighted by molar-refractivity contribution is 0.189. The van der Waals surface area contributed by atoms with Crippen LogP contribution in [0.5, 0.6) is 5.75 Å². The number of carbonyl (C=O) groups is 1. The molecule has 0 saturated carbocycles. The van der Waals surface area contributed by atoms with Crippen LogP contribution < -0.4 is 15.4 Å². The molecule has 0 spiro atoms. The van der Waals surface area contributed by atoms with Gasteiger partial charge < -0.3 is 20.5 Å². The quantitative estimate of drug-likeness (QED) is 0.752. The summed E-state index contributed by atoms with van der Waals surface area (Å²) in [6, 6.07) is 2.98. The number of carbonyl (C=O) groups excluding carboxylic acids is 1. The molecule has 6 heteroatoms. The molecule has 2 atom stereocenters. The van der Waals surface area contributed by atoms with Crippen LogP contribution in [0.4, 0.5) is 9.18 Å². The predicted molar refractivity (Wildman–Crippen MR) is 88.0 cm³/mol. The second-order valence-corrected chi connectivity index (χ2v) is 6.87. The number of nitrogens with one attached hydrogen (secondary N) is 2. The number of amides is 2. The molecule has 5 nitrogen and oxygen atoms in total. The molecule has 1 rings (SSSR count). The molecule has 130 valence electrons. The van der Waals surface area contributed by atoms with Crippen molar-refractivity contribution in [2.75, 3.05) is 13.7 Å². The zero-order valence-electron chi connectivity index (χ0n) is 14.4. The Balaban J connectivity index is 2.71. The third kappa shape index (κ3) is 6.44. The van der Waals surface area contributed by atoms with Crippen molar-refractivity contribution < 1.29 is 19.0 Å². The summed E-state index contributed by atoms with van der Waals surface area (Å²) in [6.07, 6.45) is 0.647. The minimum absolute atomic E-state index is 0.0158. The fraction of sp³-hybridized carbons (Fsp3) is 0.588. The lowest BCUT2D eigenvalue weighted by atomic mass is 9.88. The number of hydrogen-bond donors (Lipinski definition) is 3. The first-order valence-corrected chi connectivity index (χ1v) is 7.67. The zero-order chi connectivity index (χ0) is 17.6. The average Bonchev–Trinajstić information content (AvgIpc) is 2.44. The summed E-state index contributed by atoms with van der Waals surface area (Å²) in [5.41, 5.74) is 0.539. The SMILES string of the molecule is COc1ccc(F)cc1C(C)NC(=O)NC(CO)CC(C)(C)C. The van der Waals surface area contributed by atoms with Gasteiger partial charge in [-0.3, -0.25) is 0 Å². The summed E-state index contributed by atoms with van der Waals surface area (Å²) in [6.45, 7) is 7.72. The first-order chi connectivity index (χ1) is 10.7. The second-order valence-electron chi connectivity index (χ2n) is 6.87. The van der Waals surface area contributed by atoms with Crippen LogP contribution in [0.3, 0.4) is 0 Å². The first-order valence-electron chi connectivity index (χ1n) is 7.67. The first kappa shape index (κ1) is 19.2. The smallest absolute Gasteiger partial charge is 0.315 e. The number of halogens is 1. The molecule has 0 aliphatic rings. The number of benzene rings is 1. The molecule has 0 saturated heterocycles. The summed E-state index contributed by atoms with van der Waals surface area (Å²) in [5.74, 6) is 0.114. The summed E-state index contributed by atoms with van der Waals surface area (Å²) < 4.78 is 18.6. The monoisotopic (exact) mass is 326 g/mol. The van der Waals surface area contributed by atoms with Gasteiger partial charge in [0, 0.05) is 5.56 Å². The van der Waals surface area contributed by atoms with Crippen LogP contribution in [0.15, 0.2) is 18.2 Å². The molecule has 0 radical (unpaired) electrons. The van der Waals surface area contributed by atoms with Gasteiger partial charge in [-0.1, -0.05) is 20.8 Å². The average molecular weight is 326 g/mol. The van der Waals surface area contributed by atoms with Gasteiger partial charge in [-0.05, 0) is 37.0 Å². The number of aliphatic hydroxyl groups excluding tert-OH is 1. The number of methoxy groups -OCH3 is 1. The highest BCUT2D eigenvalue weighted by Crippen LogP contribution is 2.26. The van der Waals surface area contributed by atoms with E-state index in [1.54, 1.807) is 6.92 Å². The van der Waals surface area contributed by atoms with Gasteiger partial charge in [-0.25, -0.2) is 9.18 Å². The Kier molecular flexibility index (Phi) is 6.81. The zero-order valence-corrected chi connectivity index (χ0v) is 14.4. The van der Waals surface area contributed by atoms with E-state index in [4.69, 9.17) is 4.74 Å². The Morgan fingerprint density at radius 2 is 2.00 bits per heavy atom. The number of urea groups is 1. The second kappa shape index (κ2) is 8.15. The third-order valence-electron chi connectivity index (χ3n) is 3.42. The van der Waals surface area contributed by atoms with E-state index >= 15 is 0 Å². The van der Waals surface area contributed by atoms with Crippen molar-refractivity contribution in [1.82, 2.24) is 10.6 Å². The molecule has 1 aromatic carbocycles. The van der Waals surface area contributed by atoms with Crippen LogP contribution in [0.1, 0.15) is 45.7 Å². The van der Waals surface area contributed by atoms with E-state index in [2.05, 4.69) is 10.6 Å². The van der Waals surface area contributed by atoms with Crippen LogP contribution >= 0.6 is 0 Å². The van der Waals surface area contributed by atoms with Gasteiger partial charge in [0.1, 0.15) is 11.6 Å². The predicted octanol–water partition coefficient (Wildman–Crippen LogP) is 2.99. The summed E-state index contributed by atoms with van der Waals surface area (Å²) in [5, 5.41) is 14.9. The maximum Gasteiger partial charge on any atom is 0.315 e. The molecule has 2 amide bonds. The topological polar surface area (TPSA) is 70.6 Å². The molecule has 0 aliphatic heterocycles. The Bertz CT molecular complexity index is 529. The summed E-state index contributed by atoms with van der Waals surface area (Å²) >= 11 is 0. The van der Waals surface area contributed by atoms with Crippen molar-refractivity contribution >= 4 is 6.03 Å². The maximum absolute atomic E-state index is 13.4. The van der Waals surface area contributed by atoms with Crippen LogP contribution in [-0.2, 0) is 0 Å². The van der Waals surface area contributed by atoms with E-state index in [0.29, 0.717) is 17.7 Å². The van der Waals surface area contributed by atoms with Crippen molar-refractivity contribution in [3.05, 3.63) is 29.6 Å². The van der Waals surface area contributed by atoms with Crippen molar-refractivity contribution in [3.63, 3.8) is 0 Å². The Morgan fingerprint density at radius 3 is 2.52 bits per heavy atom. The lowest BCUT2D eigenvalue weighted by Gasteiger charge is -2.26. The molecule has 1 aromatic rings. The fourth-order valence-electron chi connectivity index (χ4n) is 2.45. The Hall–Kier alpha value is -1.82.